The van der Waals surface area contributed by atoms with E-state index in [4.69, 9.17) is 0 Å². The molecule has 1 aliphatic carbocycles. The molecular weight excluding hydrogens is 346 g/mol. The smallest absolute Gasteiger partial charge is 0.211 e. The van der Waals surface area contributed by atoms with E-state index in [2.05, 4.69) is 27.6 Å². The second-order valence-corrected chi connectivity index (χ2v) is 9.83. The molecule has 3 nitrogen and oxygen atoms in total. The Bertz CT molecular complexity index is 539. The quantitative estimate of drug-likeness (QED) is 0.878. The van der Waals surface area contributed by atoms with Gasteiger partial charge >= 0.3 is 0 Å². The summed E-state index contributed by atoms with van der Waals surface area (Å²) in [5.74, 6) is 1.21. The fourth-order valence-electron chi connectivity index (χ4n) is 2.75. The molecule has 1 aliphatic rings. The second kappa shape index (κ2) is 6.24. The minimum absolute atomic E-state index is 0.410. The van der Waals surface area contributed by atoms with Gasteiger partial charge in [0.2, 0.25) is 10.0 Å². The molecule has 0 radical (unpaired) electrons. The van der Waals surface area contributed by atoms with Crippen molar-refractivity contribution in [2.24, 2.45) is 11.8 Å². The molecule has 1 heterocycles. The monoisotopic (exact) mass is 365 g/mol. The highest BCUT2D eigenvalue weighted by atomic mass is 79.9. The van der Waals surface area contributed by atoms with Gasteiger partial charge < -0.3 is 0 Å². The third-order valence-electron chi connectivity index (χ3n) is 3.74. The van der Waals surface area contributed by atoms with Crippen LogP contribution in [0.4, 0.5) is 0 Å². The van der Waals surface area contributed by atoms with Crippen LogP contribution in [-0.2, 0) is 10.0 Å². The average molecular weight is 366 g/mol. The van der Waals surface area contributed by atoms with Crippen LogP contribution in [-0.4, -0.2) is 15.0 Å². The molecular formula is C13H20BrNO2S2. The molecule has 0 spiro atoms. The molecule has 1 aromatic rings. The summed E-state index contributed by atoms with van der Waals surface area (Å²) in [5.41, 5.74) is 0. The van der Waals surface area contributed by atoms with Crippen LogP contribution >= 0.6 is 27.3 Å². The first kappa shape index (κ1) is 15.5. The van der Waals surface area contributed by atoms with Crippen molar-refractivity contribution in [1.29, 1.82) is 0 Å². The Labute approximate surface area is 128 Å². The lowest BCUT2D eigenvalue weighted by Gasteiger charge is -2.26. The molecule has 0 bridgehead atoms. The van der Waals surface area contributed by atoms with Crippen LogP contribution < -0.4 is 4.72 Å². The molecule has 0 saturated heterocycles. The van der Waals surface area contributed by atoms with Gasteiger partial charge in [0.05, 0.1) is 8.68 Å². The molecule has 108 valence electrons. The number of hydrogen-bond donors (Lipinski definition) is 1. The number of hydrogen-bond acceptors (Lipinski definition) is 3. The summed E-state index contributed by atoms with van der Waals surface area (Å²) in [4.78, 5) is 1.24. The van der Waals surface area contributed by atoms with Crippen molar-refractivity contribution in [3.05, 3.63) is 14.7 Å². The van der Waals surface area contributed by atoms with Gasteiger partial charge in [-0.2, -0.15) is 0 Å². The summed E-state index contributed by atoms with van der Waals surface area (Å²) in [6.07, 6.45) is 4.77. The number of halogens is 1. The molecule has 1 fully saturated rings. The third kappa shape index (κ3) is 4.03. The molecule has 1 aromatic heterocycles. The normalized spacial score (nSPS) is 24.6. The number of rotatable bonds is 4. The van der Waals surface area contributed by atoms with E-state index < -0.39 is 10.0 Å². The van der Waals surface area contributed by atoms with E-state index in [0.29, 0.717) is 17.4 Å². The number of thiophene rings is 1. The van der Waals surface area contributed by atoms with Crippen LogP contribution in [0.15, 0.2) is 14.7 Å². The summed E-state index contributed by atoms with van der Waals surface area (Å²) in [6.45, 7) is 4.66. The minimum Gasteiger partial charge on any atom is -0.211 e. The van der Waals surface area contributed by atoms with Gasteiger partial charge in [-0.3, -0.25) is 0 Å². The first-order valence-corrected chi connectivity index (χ1v) is 9.73. The van der Waals surface area contributed by atoms with Crippen LogP contribution in [0.1, 0.15) is 37.5 Å². The predicted octanol–water partition coefficient (Wildman–Crippen LogP) is 3.92. The van der Waals surface area contributed by atoms with Crippen LogP contribution in [0.2, 0.25) is 0 Å². The second-order valence-electron chi connectivity index (χ2n) is 5.46. The van der Waals surface area contributed by atoms with Crippen LogP contribution in [0.5, 0.6) is 0 Å². The summed E-state index contributed by atoms with van der Waals surface area (Å²) >= 11 is 4.79. The molecule has 0 aromatic carbocycles. The highest BCUT2D eigenvalue weighted by molar-refractivity contribution is 9.11. The Morgan fingerprint density at radius 1 is 1.47 bits per heavy atom. The Kier molecular flexibility index (Phi) is 5.09. The van der Waals surface area contributed by atoms with Gasteiger partial charge in [0.1, 0.15) is 0 Å². The third-order valence-corrected chi connectivity index (χ3v) is 6.97. The highest BCUT2D eigenvalue weighted by Crippen LogP contribution is 2.31. The summed E-state index contributed by atoms with van der Waals surface area (Å²) in [6, 6.07) is 1.69. The standard InChI is InChI=1S/C13H20BrNO2S2/c1-9-4-3-5-11(6-9)8-15-19(16,17)12-7-13(14)18-10(12)2/h7,9,11,15H,3-6,8H2,1-2H3. The fourth-order valence-corrected chi connectivity index (χ4v) is 6.28. The van der Waals surface area contributed by atoms with Crippen molar-refractivity contribution in [2.45, 2.75) is 44.4 Å². The van der Waals surface area contributed by atoms with Crippen LogP contribution in [0, 0.1) is 18.8 Å². The maximum Gasteiger partial charge on any atom is 0.241 e. The maximum absolute atomic E-state index is 12.3. The van der Waals surface area contributed by atoms with Crippen molar-refractivity contribution in [3.8, 4) is 0 Å². The van der Waals surface area contributed by atoms with Crippen molar-refractivity contribution in [3.63, 3.8) is 0 Å². The van der Waals surface area contributed by atoms with Gasteiger partial charge in [0.25, 0.3) is 0 Å². The van der Waals surface area contributed by atoms with Crippen molar-refractivity contribution in [1.82, 2.24) is 4.72 Å². The fraction of sp³-hybridized carbons (Fsp3) is 0.692. The van der Waals surface area contributed by atoms with E-state index in [1.165, 1.54) is 24.2 Å². The Hall–Kier alpha value is 0.0900. The first-order valence-electron chi connectivity index (χ1n) is 6.64. The molecule has 2 rings (SSSR count). The first-order chi connectivity index (χ1) is 8.88. The summed E-state index contributed by atoms with van der Waals surface area (Å²) < 4.78 is 28.2. The van der Waals surface area contributed by atoms with Crippen LogP contribution in [0.25, 0.3) is 0 Å². The van der Waals surface area contributed by atoms with Crippen molar-refractivity contribution < 1.29 is 8.42 Å². The topological polar surface area (TPSA) is 46.2 Å². The van der Waals surface area contributed by atoms with E-state index in [0.717, 1.165) is 27.4 Å². The molecule has 6 heteroatoms. The molecule has 1 N–H and O–H groups in total. The predicted molar refractivity (Wildman–Crippen MR) is 83.1 cm³/mol. The maximum atomic E-state index is 12.3. The lowest BCUT2D eigenvalue weighted by molar-refractivity contribution is 0.283. The SMILES string of the molecule is Cc1sc(Br)cc1S(=O)(=O)NCC1CCCC(C)C1. The van der Waals surface area contributed by atoms with E-state index in [1.54, 1.807) is 6.07 Å². The molecule has 19 heavy (non-hydrogen) atoms. The highest BCUT2D eigenvalue weighted by Gasteiger charge is 2.23. The number of aryl methyl sites for hydroxylation is 1. The largest absolute Gasteiger partial charge is 0.241 e. The lowest BCUT2D eigenvalue weighted by Crippen LogP contribution is -2.31. The Morgan fingerprint density at radius 3 is 2.79 bits per heavy atom. The van der Waals surface area contributed by atoms with E-state index in [1.807, 2.05) is 6.92 Å². The van der Waals surface area contributed by atoms with Gasteiger partial charge in [0, 0.05) is 11.4 Å². The zero-order chi connectivity index (χ0) is 14.0. The van der Waals surface area contributed by atoms with Crippen LogP contribution in [0.3, 0.4) is 0 Å². The zero-order valence-electron chi connectivity index (χ0n) is 11.3. The molecule has 2 unspecified atom stereocenters. The lowest BCUT2D eigenvalue weighted by atomic mass is 9.83. The van der Waals surface area contributed by atoms with E-state index >= 15 is 0 Å². The molecule has 2 atom stereocenters. The van der Waals surface area contributed by atoms with E-state index in [-0.39, 0.29) is 0 Å². The van der Waals surface area contributed by atoms with Crippen molar-refractivity contribution in [2.75, 3.05) is 6.54 Å². The van der Waals surface area contributed by atoms with E-state index in [9.17, 15) is 8.42 Å². The van der Waals surface area contributed by atoms with Gasteiger partial charge in [-0.05, 0) is 53.6 Å². The number of sulfonamides is 1. The van der Waals surface area contributed by atoms with Gasteiger partial charge in [-0.1, -0.05) is 19.8 Å². The Balaban J connectivity index is 2.00. The molecule has 0 aliphatic heterocycles. The van der Waals surface area contributed by atoms with Crippen molar-refractivity contribution >= 4 is 37.3 Å². The van der Waals surface area contributed by atoms with Gasteiger partial charge in [0.15, 0.2) is 0 Å². The number of nitrogens with one attached hydrogen (secondary N) is 1. The molecule has 1 saturated carbocycles. The Morgan fingerprint density at radius 2 is 2.21 bits per heavy atom. The van der Waals surface area contributed by atoms with Gasteiger partial charge in [-0.15, -0.1) is 11.3 Å². The summed E-state index contributed by atoms with van der Waals surface area (Å²) in [7, 11) is -3.36. The average Bonchev–Trinajstić information content (AvgIpc) is 2.67. The summed E-state index contributed by atoms with van der Waals surface area (Å²) in [5, 5.41) is 0. The molecule has 0 amide bonds. The van der Waals surface area contributed by atoms with Gasteiger partial charge in [-0.25, -0.2) is 13.1 Å². The zero-order valence-corrected chi connectivity index (χ0v) is 14.5. The minimum atomic E-state index is -3.36.